The van der Waals surface area contributed by atoms with Gasteiger partial charge in [-0.05, 0) is 12.1 Å². The minimum Gasteiger partial charge on any atom is -0.377 e. The van der Waals surface area contributed by atoms with Gasteiger partial charge >= 0.3 is 0 Å². The number of carbonyl (C=O) groups excluding carboxylic acids is 2. The first-order valence-corrected chi connectivity index (χ1v) is 10.1. The molecule has 0 spiro atoms. The molecule has 2 aromatic heterocycles. The molecule has 0 unspecified atom stereocenters. The average Bonchev–Trinajstić information content (AvgIpc) is 3.30. The van der Waals surface area contributed by atoms with Crippen LogP contribution in [0.2, 0.25) is 0 Å². The number of imide groups is 1. The maximum absolute atomic E-state index is 13.0. The summed E-state index contributed by atoms with van der Waals surface area (Å²) in [6.45, 7) is 1.28. The van der Waals surface area contributed by atoms with Crippen molar-refractivity contribution in [1.29, 1.82) is 0 Å². The minimum absolute atomic E-state index is 0.201. The molecule has 6 heteroatoms. The standard InChI is InChI=1S/C24H17N3O3/c1-26-15-8-4-2-6-13(15)17-19-20(24(29)25-23(19)28)18-14-7-3-5-9-16(14)27(12-10-30-11-12)22(18)21(17)26/h2-9,12H,10-11H2,1H3,(H,25,28,29). The van der Waals surface area contributed by atoms with Crippen molar-refractivity contribution in [3.05, 3.63) is 59.7 Å². The zero-order chi connectivity index (χ0) is 20.1. The van der Waals surface area contributed by atoms with Crippen LogP contribution in [-0.2, 0) is 11.8 Å². The van der Waals surface area contributed by atoms with Crippen LogP contribution >= 0.6 is 0 Å². The van der Waals surface area contributed by atoms with E-state index in [1.54, 1.807) is 0 Å². The highest BCUT2D eigenvalue weighted by Crippen LogP contribution is 2.45. The first-order chi connectivity index (χ1) is 14.7. The van der Waals surface area contributed by atoms with Crippen molar-refractivity contribution in [2.75, 3.05) is 13.2 Å². The normalized spacial score (nSPS) is 16.7. The van der Waals surface area contributed by atoms with Crippen molar-refractivity contribution in [2.45, 2.75) is 6.04 Å². The number of hydrogen-bond donors (Lipinski definition) is 1. The van der Waals surface area contributed by atoms with Crippen molar-refractivity contribution >= 4 is 55.4 Å². The second kappa shape index (κ2) is 5.29. The van der Waals surface area contributed by atoms with E-state index in [1.807, 2.05) is 43.4 Å². The van der Waals surface area contributed by atoms with Gasteiger partial charge in [0.25, 0.3) is 11.8 Å². The lowest BCUT2D eigenvalue weighted by Crippen LogP contribution is -2.30. The number of ether oxygens (including phenoxy) is 1. The Morgan fingerprint density at radius 1 is 0.833 bits per heavy atom. The largest absolute Gasteiger partial charge is 0.377 e. The summed E-state index contributed by atoms with van der Waals surface area (Å²) in [5, 5.41) is 6.24. The Kier molecular flexibility index (Phi) is 2.85. The summed E-state index contributed by atoms with van der Waals surface area (Å²) < 4.78 is 9.99. The van der Waals surface area contributed by atoms with Gasteiger partial charge in [0.15, 0.2) is 0 Å². The molecule has 1 fully saturated rings. The quantitative estimate of drug-likeness (QED) is 0.438. The highest BCUT2D eigenvalue weighted by atomic mass is 16.5. The molecule has 30 heavy (non-hydrogen) atoms. The molecule has 0 saturated carbocycles. The molecule has 6 nitrogen and oxygen atoms in total. The molecule has 3 aromatic carbocycles. The molecular formula is C24H17N3O3. The Balaban J connectivity index is 1.89. The van der Waals surface area contributed by atoms with E-state index in [0.717, 1.165) is 43.6 Å². The molecule has 1 saturated heterocycles. The summed E-state index contributed by atoms with van der Waals surface area (Å²) >= 11 is 0. The van der Waals surface area contributed by atoms with Crippen molar-refractivity contribution in [3.63, 3.8) is 0 Å². The van der Waals surface area contributed by atoms with E-state index in [4.69, 9.17) is 4.74 Å². The van der Waals surface area contributed by atoms with Gasteiger partial charge in [-0.3, -0.25) is 14.9 Å². The Bertz CT molecular complexity index is 1600. The van der Waals surface area contributed by atoms with Crippen molar-refractivity contribution < 1.29 is 14.3 Å². The summed E-state index contributed by atoms with van der Waals surface area (Å²) in [4.78, 5) is 26.0. The van der Waals surface area contributed by atoms with Crippen molar-refractivity contribution in [1.82, 2.24) is 14.5 Å². The summed E-state index contributed by atoms with van der Waals surface area (Å²) in [5.74, 6) is -0.635. The Morgan fingerprint density at radius 3 is 2.03 bits per heavy atom. The molecule has 4 heterocycles. The number of para-hydroxylation sites is 2. The maximum Gasteiger partial charge on any atom is 0.259 e. The molecular weight excluding hydrogens is 378 g/mol. The van der Waals surface area contributed by atoms with Gasteiger partial charge in [-0.15, -0.1) is 0 Å². The number of aromatic nitrogens is 2. The predicted octanol–water partition coefficient (Wildman–Crippen LogP) is 3.89. The zero-order valence-corrected chi connectivity index (χ0v) is 16.2. The van der Waals surface area contributed by atoms with E-state index in [2.05, 4.69) is 26.6 Å². The third-order valence-electron chi connectivity index (χ3n) is 6.66. The smallest absolute Gasteiger partial charge is 0.259 e. The maximum atomic E-state index is 13.0. The predicted molar refractivity (Wildman–Crippen MR) is 115 cm³/mol. The number of nitrogens with zero attached hydrogens (tertiary/aromatic N) is 2. The highest BCUT2D eigenvalue weighted by molar-refractivity contribution is 6.39. The Morgan fingerprint density at radius 2 is 1.40 bits per heavy atom. The number of amides is 2. The number of hydrogen-bond acceptors (Lipinski definition) is 3. The van der Waals surface area contributed by atoms with Crippen molar-refractivity contribution in [3.8, 4) is 0 Å². The molecule has 0 atom stereocenters. The van der Waals surface area contributed by atoms with E-state index >= 15 is 0 Å². The molecule has 146 valence electrons. The fourth-order valence-corrected chi connectivity index (χ4v) is 5.36. The van der Waals surface area contributed by atoms with E-state index in [0.29, 0.717) is 24.3 Å². The number of benzene rings is 3. The summed E-state index contributed by atoms with van der Waals surface area (Å²) in [5.41, 5.74) is 5.07. The summed E-state index contributed by atoms with van der Waals surface area (Å²) in [7, 11) is 2.03. The molecule has 0 radical (unpaired) electrons. The molecule has 0 aliphatic carbocycles. The molecule has 1 N–H and O–H groups in total. The SMILES string of the molecule is Cn1c2ccccc2c2c3c(c4c5ccccc5n(C5COC5)c4c21)C(=O)NC3=O. The molecule has 0 bridgehead atoms. The van der Waals surface area contributed by atoms with E-state index < -0.39 is 0 Å². The van der Waals surface area contributed by atoms with Gasteiger partial charge in [-0.1, -0.05) is 36.4 Å². The first kappa shape index (κ1) is 16.2. The lowest BCUT2D eigenvalue weighted by molar-refractivity contribution is -0.0196. The van der Waals surface area contributed by atoms with Gasteiger partial charge in [0.1, 0.15) is 0 Å². The van der Waals surface area contributed by atoms with Crippen LogP contribution in [-0.4, -0.2) is 34.2 Å². The van der Waals surface area contributed by atoms with Crippen LogP contribution in [0, 0.1) is 0 Å². The van der Waals surface area contributed by atoms with Gasteiger partial charge in [-0.25, -0.2) is 0 Å². The van der Waals surface area contributed by atoms with Crippen LogP contribution in [0.25, 0.3) is 43.6 Å². The summed E-state index contributed by atoms with van der Waals surface area (Å²) in [6, 6.07) is 16.4. The number of fused-ring (bicyclic) bond motifs is 10. The molecule has 2 aliphatic rings. The van der Waals surface area contributed by atoms with Gasteiger partial charge in [-0.2, -0.15) is 0 Å². The van der Waals surface area contributed by atoms with Crippen LogP contribution in [0.15, 0.2) is 48.5 Å². The van der Waals surface area contributed by atoms with Crippen LogP contribution < -0.4 is 5.32 Å². The fraction of sp³-hybridized carbons (Fsp3) is 0.167. The van der Waals surface area contributed by atoms with Gasteiger partial charge in [0, 0.05) is 39.6 Å². The third kappa shape index (κ3) is 1.70. The average molecular weight is 395 g/mol. The lowest BCUT2D eigenvalue weighted by atomic mass is 9.96. The van der Waals surface area contributed by atoms with Gasteiger partial charge in [0.2, 0.25) is 0 Å². The lowest BCUT2D eigenvalue weighted by Gasteiger charge is -2.29. The number of nitrogens with one attached hydrogen (secondary N) is 1. The zero-order valence-electron chi connectivity index (χ0n) is 16.2. The van der Waals surface area contributed by atoms with Gasteiger partial charge < -0.3 is 13.9 Å². The number of aryl methyl sites for hydroxylation is 1. The van der Waals surface area contributed by atoms with Crippen LogP contribution in [0.4, 0.5) is 0 Å². The van der Waals surface area contributed by atoms with E-state index in [9.17, 15) is 9.59 Å². The first-order valence-electron chi connectivity index (χ1n) is 10.1. The molecule has 7 rings (SSSR count). The Labute approximate surface area is 170 Å². The molecule has 2 amide bonds. The highest BCUT2D eigenvalue weighted by Gasteiger charge is 2.37. The third-order valence-corrected chi connectivity index (χ3v) is 6.66. The van der Waals surface area contributed by atoms with Crippen molar-refractivity contribution in [2.24, 2.45) is 7.05 Å². The fourth-order valence-electron chi connectivity index (χ4n) is 5.36. The number of carbonyl (C=O) groups is 2. The topological polar surface area (TPSA) is 65.3 Å². The number of rotatable bonds is 1. The van der Waals surface area contributed by atoms with Crippen LogP contribution in [0.5, 0.6) is 0 Å². The molecule has 2 aliphatic heterocycles. The van der Waals surface area contributed by atoms with Gasteiger partial charge in [0.05, 0.1) is 41.4 Å². The summed E-state index contributed by atoms with van der Waals surface area (Å²) in [6.07, 6.45) is 0. The van der Waals surface area contributed by atoms with E-state index in [-0.39, 0.29) is 17.9 Å². The second-order valence-corrected chi connectivity index (χ2v) is 8.14. The Hall–Kier alpha value is -3.64. The van der Waals surface area contributed by atoms with Crippen LogP contribution in [0.1, 0.15) is 26.8 Å². The monoisotopic (exact) mass is 395 g/mol. The van der Waals surface area contributed by atoms with Crippen LogP contribution in [0.3, 0.4) is 0 Å². The minimum atomic E-state index is -0.318. The van der Waals surface area contributed by atoms with E-state index in [1.165, 1.54) is 0 Å². The molecule has 5 aromatic rings. The second-order valence-electron chi connectivity index (χ2n) is 8.14.